The van der Waals surface area contributed by atoms with Crippen LogP contribution in [0.3, 0.4) is 0 Å². The molecule has 2 rings (SSSR count). The lowest BCUT2D eigenvalue weighted by Gasteiger charge is -2.04. The van der Waals surface area contributed by atoms with Crippen LogP contribution < -0.4 is 10.7 Å². The molecule has 1 aromatic rings. The second-order valence-electron chi connectivity index (χ2n) is 3.46. The molecule has 1 heterocycles. The predicted octanol–water partition coefficient (Wildman–Crippen LogP) is 1.74. The number of benzene rings is 1. The fourth-order valence-corrected chi connectivity index (χ4v) is 1.32. The molecule has 5 nitrogen and oxygen atoms in total. The number of halogens is 2. The summed E-state index contributed by atoms with van der Waals surface area (Å²) in [5.74, 6) is -1.29. The Kier molecular flexibility index (Phi) is 3.61. The van der Waals surface area contributed by atoms with Crippen molar-refractivity contribution in [2.45, 2.75) is 6.92 Å². The SMILES string of the molecule is CCNC1=NN=C/C1=N\Nc1ccc(F)c(F)c1. The van der Waals surface area contributed by atoms with Gasteiger partial charge in [-0.2, -0.15) is 10.2 Å². The van der Waals surface area contributed by atoms with Gasteiger partial charge in [-0.1, -0.05) is 0 Å². The van der Waals surface area contributed by atoms with E-state index in [0.29, 0.717) is 23.8 Å². The molecule has 18 heavy (non-hydrogen) atoms. The van der Waals surface area contributed by atoms with Crippen molar-refractivity contribution in [3.63, 3.8) is 0 Å². The third-order valence-electron chi connectivity index (χ3n) is 2.15. The summed E-state index contributed by atoms with van der Waals surface area (Å²) in [6.45, 7) is 2.60. The number of rotatable bonds is 3. The van der Waals surface area contributed by atoms with Gasteiger partial charge in [-0.15, -0.1) is 5.10 Å². The van der Waals surface area contributed by atoms with Crippen molar-refractivity contribution in [3.8, 4) is 0 Å². The number of hydrogen-bond donors (Lipinski definition) is 2. The largest absolute Gasteiger partial charge is 0.367 e. The first-order valence-corrected chi connectivity index (χ1v) is 5.34. The molecule has 2 N–H and O–H groups in total. The second-order valence-corrected chi connectivity index (χ2v) is 3.46. The van der Waals surface area contributed by atoms with Crippen molar-refractivity contribution in [1.82, 2.24) is 5.32 Å². The van der Waals surface area contributed by atoms with Crippen LogP contribution in [0.2, 0.25) is 0 Å². The van der Waals surface area contributed by atoms with Gasteiger partial charge in [-0.05, 0) is 19.1 Å². The molecule has 0 amide bonds. The minimum Gasteiger partial charge on any atom is -0.367 e. The average Bonchev–Trinajstić information content (AvgIpc) is 2.79. The van der Waals surface area contributed by atoms with Gasteiger partial charge in [-0.3, -0.25) is 5.43 Å². The maximum atomic E-state index is 13.0. The maximum Gasteiger partial charge on any atom is 0.178 e. The highest BCUT2D eigenvalue weighted by molar-refractivity contribution is 6.63. The topological polar surface area (TPSA) is 61.1 Å². The zero-order valence-electron chi connectivity index (χ0n) is 9.61. The van der Waals surface area contributed by atoms with Crippen molar-refractivity contribution >= 4 is 23.4 Å². The zero-order chi connectivity index (χ0) is 13.0. The van der Waals surface area contributed by atoms with Crippen LogP contribution in [0.4, 0.5) is 14.5 Å². The van der Waals surface area contributed by atoms with Gasteiger partial charge in [0.15, 0.2) is 17.5 Å². The first kappa shape index (κ1) is 12.2. The van der Waals surface area contributed by atoms with Crippen LogP contribution in [0.1, 0.15) is 6.92 Å². The molecule has 0 atom stereocenters. The zero-order valence-corrected chi connectivity index (χ0v) is 9.61. The molecule has 0 saturated carbocycles. The van der Waals surface area contributed by atoms with E-state index in [4.69, 9.17) is 0 Å². The van der Waals surface area contributed by atoms with Crippen LogP contribution in [-0.2, 0) is 0 Å². The molecule has 0 spiro atoms. The van der Waals surface area contributed by atoms with Crippen molar-refractivity contribution in [1.29, 1.82) is 0 Å². The van der Waals surface area contributed by atoms with E-state index in [2.05, 4.69) is 26.0 Å². The Morgan fingerprint density at radius 3 is 2.83 bits per heavy atom. The van der Waals surface area contributed by atoms with Crippen molar-refractivity contribution in [2.75, 3.05) is 12.0 Å². The van der Waals surface area contributed by atoms with E-state index in [1.165, 1.54) is 12.3 Å². The number of hydrazone groups is 1. The number of amidine groups is 1. The van der Waals surface area contributed by atoms with Crippen LogP contribution in [0.5, 0.6) is 0 Å². The minimum atomic E-state index is -0.930. The van der Waals surface area contributed by atoms with Gasteiger partial charge in [0.25, 0.3) is 0 Å². The Labute approximate surface area is 102 Å². The smallest absolute Gasteiger partial charge is 0.178 e. The van der Waals surface area contributed by atoms with Crippen LogP contribution in [0, 0.1) is 11.6 Å². The molecule has 0 aromatic heterocycles. The third-order valence-corrected chi connectivity index (χ3v) is 2.15. The van der Waals surface area contributed by atoms with E-state index < -0.39 is 11.6 Å². The maximum absolute atomic E-state index is 13.0. The summed E-state index contributed by atoms with van der Waals surface area (Å²) in [7, 11) is 0. The average molecular weight is 251 g/mol. The van der Waals surface area contributed by atoms with Gasteiger partial charge in [-0.25, -0.2) is 8.78 Å². The first-order valence-electron chi connectivity index (χ1n) is 5.34. The van der Waals surface area contributed by atoms with Crippen molar-refractivity contribution < 1.29 is 8.78 Å². The molecule has 0 unspecified atom stereocenters. The Morgan fingerprint density at radius 2 is 2.11 bits per heavy atom. The fraction of sp³-hybridized carbons (Fsp3) is 0.182. The molecule has 1 aliphatic rings. The quantitative estimate of drug-likeness (QED) is 0.804. The van der Waals surface area contributed by atoms with E-state index in [9.17, 15) is 8.78 Å². The molecular formula is C11H11F2N5. The lowest BCUT2D eigenvalue weighted by atomic mass is 10.3. The van der Waals surface area contributed by atoms with E-state index in [-0.39, 0.29) is 0 Å². The Bertz CT molecular complexity index is 536. The monoisotopic (exact) mass is 251 g/mol. The van der Waals surface area contributed by atoms with Gasteiger partial charge < -0.3 is 5.32 Å². The Balaban J connectivity index is 2.08. The summed E-state index contributed by atoms with van der Waals surface area (Å²) in [5.41, 5.74) is 3.46. The van der Waals surface area contributed by atoms with Crippen LogP contribution in [-0.4, -0.2) is 24.3 Å². The summed E-state index contributed by atoms with van der Waals surface area (Å²) in [5, 5.41) is 14.5. The highest BCUT2D eigenvalue weighted by atomic mass is 19.2. The number of nitrogens with zero attached hydrogens (tertiary/aromatic N) is 3. The molecule has 0 fully saturated rings. The summed E-state index contributed by atoms with van der Waals surface area (Å²) < 4.78 is 25.7. The molecule has 94 valence electrons. The fourth-order valence-electron chi connectivity index (χ4n) is 1.32. The van der Waals surface area contributed by atoms with Crippen LogP contribution >= 0.6 is 0 Å². The van der Waals surface area contributed by atoms with Gasteiger partial charge in [0, 0.05) is 12.6 Å². The van der Waals surface area contributed by atoms with Gasteiger partial charge >= 0.3 is 0 Å². The van der Waals surface area contributed by atoms with Gasteiger partial charge in [0.1, 0.15) is 5.71 Å². The Morgan fingerprint density at radius 1 is 1.28 bits per heavy atom. The van der Waals surface area contributed by atoms with E-state index >= 15 is 0 Å². The normalized spacial score (nSPS) is 15.9. The molecule has 0 radical (unpaired) electrons. The van der Waals surface area contributed by atoms with Crippen LogP contribution in [0.25, 0.3) is 0 Å². The standard InChI is InChI=1S/C11H11F2N5/c1-2-14-11-10(6-15-18-11)17-16-7-3-4-8(12)9(13)5-7/h3-6,16H,2H2,1H3,(H,14,17,18). The molecule has 7 heteroatoms. The van der Waals surface area contributed by atoms with Gasteiger partial charge in [0.05, 0.1) is 11.9 Å². The number of anilines is 1. The number of hydrogen-bond acceptors (Lipinski definition) is 5. The summed E-state index contributed by atoms with van der Waals surface area (Å²) in [4.78, 5) is 0. The molecule has 1 aromatic carbocycles. The molecule has 0 bridgehead atoms. The summed E-state index contributed by atoms with van der Waals surface area (Å²) in [6, 6.07) is 3.44. The highest BCUT2D eigenvalue weighted by Crippen LogP contribution is 2.13. The van der Waals surface area contributed by atoms with E-state index in [1.807, 2.05) is 6.92 Å². The van der Waals surface area contributed by atoms with E-state index in [0.717, 1.165) is 12.1 Å². The predicted molar refractivity (Wildman–Crippen MR) is 67.0 cm³/mol. The van der Waals surface area contributed by atoms with Crippen LogP contribution in [0.15, 0.2) is 33.5 Å². The lowest BCUT2D eigenvalue weighted by Crippen LogP contribution is -2.30. The van der Waals surface area contributed by atoms with E-state index in [1.54, 1.807) is 0 Å². The Hall–Kier alpha value is -2.31. The highest BCUT2D eigenvalue weighted by Gasteiger charge is 2.11. The minimum absolute atomic E-state index is 0.345. The molecule has 0 aliphatic carbocycles. The summed E-state index contributed by atoms with van der Waals surface area (Å²) in [6.07, 6.45) is 1.46. The van der Waals surface area contributed by atoms with Crippen molar-refractivity contribution in [2.24, 2.45) is 15.3 Å². The molecule has 1 aliphatic heterocycles. The number of nitrogens with one attached hydrogen (secondary N) is 2. The van der Waals surface area contributed by atoms with Gasteiger partial charge in [0.2, 0.25) is 0 Å². The second kappa shape index (κ2) is 5.35. The van der Waals surface area contributed by atoms with Crippen molar-refractivity contribution in [3.05, 3.63) is 29.8 Å². The first-order chi connectivity index (χ1) is 8.70. The molecule has 0 saturated heterocycles. The summed E-state index contributed by atoms with van der Waals surface area (Å²) >= 11 is 0. The molecular weight excluding hydrogens is 240 g/mol. The lowest BCUT2D eigenvalue weighted by molar-refractivity contribution is 0.509. The third kappa shape index (κ3) is 2.68.